The fourth-order valence-electron chi connectivity index (χ4n) is 3.97. The number of hydrogen-bond acceptors (Lipinski definition) is 6. The number of fused-ring (bicyclic) bond motifs is 1. The van der Waals surface area contributed by atoms with E-state index in [1.165, 1.54) is 27.5 Å². The van der Waals surface area contributed by atoms with E-state index in [0.717, 1.165) is 12.0 Å². The molecule has 2 atom stereocenters. The molecule has 0 unspecified atom stereocenters. The van der Waals surface area contributed by atoms with Gasteiger partial charge in [0, 0.05) is 22.3 Å². The Kier molecular flexibility index (Phi) is 6.32. The van der Waals surface area contributed by atoms with Crippen LogP contribution in [0.3, 0.4) is 0 Å². The Labute approximate surface area is 191 Å². The Hall–Kier alpha value is -2.04. The topological polar surface area (TPSA) is 83.7 Å². The maximum absolute atomic E-state index is 13.4. The van der Waals surface area contributed by atoms with E-state index in [1.54, 1.807) is 34.8 Å². The van der Waals surface area contributed by atoms with Crippen LogP contribution in [0.4, 0.5) is 0 Å². The first-order chi connectivity index (χ1) is 14.8. The first-order valence-corrected chi connectivity index (χ1v) is 13.3. The lowest BCUT2D eigenvalue weighted by Crippen LogP contribution is -2.44. The van der Waals surface area contributed by atoms with Crippen LogP contribution < -0.4 is 5.14 Å². The van der Waals surface area contributed by atoms with Crippen LogP contribution >= 0.6 is 22.7 Å². The SMILES string of the molecule is C[C@H](c1ccc(S(N)(=O)=O)cc1)N(C)CC(=O)N1CCc2sccc2[C@@H]1c1cccs1. The molecule has 0 saturated carbocycles. The number of benzene rings is 1. The third-order valence-corrected chi connectivity index (χ3v) is 8.69. The highest BCUT2D eigenvalue weighted by Gasteiger charge is 2.34. The molecule has 1 amide bonds. The monoisotopic (exact) mass is 475 g/mol. The molecule has 31 heavy (non-hydrogen) atoms. The van der Waals surface area contributed by atoms with Crippen molar-refractivity contribution >= 4 is 38.6 Å². The van der Waals surface area contributed by atoms with Crippen LogP contribution in [0.25, 0.3) is 0 Å². The second-order valence-electron chi connectivity index (χ2n) is 7.76. The lowest BCUT2D eigenvalue weighted by molar-refractivity contribution is -0.134. The Morgan fingerprint density at radius 3 is 2.58 bits per heavy atom. The number of amides is 1. The lowest BCUT2D eigenvalue weighted by Gasteiger charge is -2.37. The summed E-state index contributed by atoms with van der Waals surface area (Å²) in [6.45, 7) is 2.99. The number of carbonyl (C=O) groups excluding carboxylic acids is 1. The number of primary sulfonamides is 1. The highest BCUT2D eigenvalue weighted by atomic mass is 32.2. The average molecular weight is 476 g/mol. The van der Waals surface area contributed by atoms with E-state index in [9.17, 15) is 13.2 Å². The van der Waals surface area contributed by atoms with E-state index in [0.29, 0.717) is 6.54 Å². The van der Waals surface area contributed by atoms with Crippen molar-refractivity contribution < 1.29 is 13.2 Å². The molecule has 9 heteroatoms. The molecule has 2 aromatic heterocycles. The minimum absolute atomic E-state index is 0.0275. The molecule has 6 nitrogen and oxygen atoms in total. The van der Waals surface area contributed by atoms with E-state index in [-0.39, 0.29) is 29.4 Å². The van der Waals surface area contributed by atoms with Crippen LogP contribution in [0.1, 0.15) is 39.9 Å². The van der Waals surface area contributed by atoms with Crippen molar-refractivity contribution in [2.45, 2.75) is 30.3 Å². The van der Waals surface area contributed by atoms with Crippen molar-refractivity contribution in [3.63, 3.8) is 0 Å². The Bertz CT molecular complexity index is 1150. The Balaban J connectivity index is 1.50. The lowest BCUT2D eigenvalue weighted by atomic mass is 9.98. The van der Waals surface area contributed by atoms with Crippen molar-refractivity contribution in [2.24, 2.45) is 5.14 Å². The van der Waals surface area contributed by atoms with Gasteiger partial charge in [-0.25, -0.2) is 13.6 Å². The van der Waals surface area contributed by atoms with Crippen molar-refractivity contribution in [3.8, 4) is 0 Å². The molecular formula is C22H25N3O3S3. The average Bonchev–Trinajstić information content (AvgIpc) is 3.43. The number of nitrogens with two attached hydrogens (primary N) is 1. The Morgan fingerprint density at radius 2 is 1.94 bits per heavy atom. The number of carbonyl (C=O) groups is 1. The van der Waals surface area contributed by atoms with Crippen LogP contribution in [0.5, 0.6) is 0 Å². The van der Waals surface area contributed by atoms with Crippen LogP contribution in [0.15, 0.2) is 58.1 Å². The molecule has 4 rings (SSSR count). The second-order valence-corrected chi connectivity index (χ2v) is 11.3. The second kappa shape index (κ2) is 8.84. The highest BCUT2D eigenvalue weighted by molar-refractivity contribution is 7.89. The van der Waals surface area contributed by atoms with Crippen LogP contribution in [0, 0.1) is 0 Å². The molecule has 2 N–H and O–H groups in total. The van der Waals surface area contributed by atoms with Crippen molar-refractivity contribution in [3.05, 3.63) is 74.1 Å². The van der Waals surface area contributed by atoms with E-state index >= 15 is 0 Å². The molecule has 0 spiro atoms. The predicted molar refractivity (Wildman–Crippen MR) is 125 cm³/mol. The van der Waals surface area contributed by atoms with Gasteiger partial charge >= 0.3 is 0 Å². The Morgan fingerprint density at radius 1 is 1.19 bits per heavy atom. The van der Waals surface area contributed by atoms with Crippen molar-refractivity contribution in [1.82, 2.24) is 9.80 Å². The predicted octanol–water partition coefficient (Wildman–Crippen LogP) is 3.62. The zero-order valence-electron chi connectivity index (χ0n) is 17.4. The first kappa shape index (κ1) is 22.2. The molecule has 1 aromatic carbocycles. The molecule has 0 bridgehead atoms. The summed E-state index contributed by atoms with van der Waals surface area (Å²) in [5.74, 6) is 0.0887. The van der Waals surface area contributed by atoms with Gasteiger partial charge in [0.15, 0.2) is 0 Å². The smallest absolute Gasteiger partial charge is 0.238 e. The summed E-state index contributed by atoms with van der Waals surface area (Å²) in [6, 6.07) is 12.7. The number of thiophene rings is 2. The maximum Gasteiger partial charge on any atom is 0.238 e. The minimum Gasteiger partial charge on any atom is -0.329 e. The third kappa shape index (κ3) is 4.61. The van der Waals surface area contributed by atoms with Gasteiger partial charge in [0.25, 0.3) is 0 Å². The number of sulfonamides is 1. The largest absolute Gasteiger partial charge is 0.329 e. The van der Waals surface area contributed by atoms with Crippen LogP contribution in [-0.4, -0.2) is 44.3 Å². The van der Waals surface area contributed by atoms with E-state index in [4.69, 9.17) is 5.14 Å². The van der Waals surface area contributed by atoms with Gasteiger partial charge in [-0.3, -0.25) is 9.69 Å². The van der Waals surface area contributed by atoms with Gasteiger partial charge in [-0.1, -0.05) is 18.2 Å². The zero-order valence-corrected chi connectivity index (χ0v) is 19.8. The fraction of sp³-hybridized carbons (Fsp3) is 0.318. The number of rotatable bonds is 6. The van der Waals surface area contributed by atoms with Crippen LogP contribution in [0.2, 0.25) is 0 Å². The molecule has 1 aliphatic rings. The van der Waals surface area contributed by atoms with Crippen LogP contribution in [-0.2, 0) is 21.2 Å². The maximum atomic E-state index is 13.4. The molecule has 0 fully saturated rings. The quantitative estimate of drug-likeness (QED) is 0.590. The summed E-state index contributed by atoms with van der Waals surface area (Å²) in [4.78, 5) is 20.0. The van der Waals surface area contributed by atoms with Crippen molar-refractivity contribution in [2.75, 3.05) is 20.1 Å². The van der Waals surface area contributed by atoms with E-state index in [2.05, 4.69) is 22.9 Å². The third-order valence-electron chi connectivity index (χ3n) is 5.84. The normalized spacial score (nSPS) is 17.5. The summed E-state index contributed by atoms with van der Waals surface area (Å²) < 4.78 is 23.0. The van der Waals surface area contributed by atoms with Crippen molar-refractivity contribution in [1.29, 1.82) is 0 Å². The van der Waals surface area contributed by atoms with E-state index in [1.807, 2.05) is 29.8 Å². The first-order valence-electron chi connectivity index (χ1n) is 9.98. The standard InChI is InChI=1S/C22H25N3O3S3/c1-15(16-5-7-17(8-6-16)31(23,27)28)24(2)14-21(26)25-11-9-19-18(10-13-30-19)22(25)20-4-3-12-29-20/h3-8,10,12-13,15,22H,9,11,14H2,1-2H3,(H2,23,27,28)/t15-,22-/m1/s1. The van der Waals surface area contributed by atoms with Gasteiger partial charge in [0.1, 0.15) is 0 Å². The molecule has 3 aromatic rings. The van der Waals surface area contributed by atoms with Gasteiger partial charge in [0.05, 0.1) is 17.5 Å². The van der Waals surface area contributed by atoms with Gasteiger partial charge in [-0.15, -0.1) is 22.7 Å². The fourth-order valence-corrected chi connectivity index (χ4v) is 6.24. The molecule has 3 heterocycles. The molecule has 0 aliphatic carbocycles. The number of hydrogen-bond donors (Lipinski definition) is 1. The summed E-state index contributed by atoms with van der Waals surface area (Å²) in [5, 5.41) is 9.35. The minimum atomic E-state index is -3.72. The van der Waals surface area contributed by atoms with Gasteiger partial charge in [-0.05, 0) is 66.5 Å². The molecule has 164 valence electrons. The molecule has 0 radical (unpaired) electrons. The summed E-state index contributed by atoms with van der Waals surface area (Å²) >= 11 is 3.44. The zero-order chi connectivity index (χ0) is 22.2. The van der Waals surface area contributed by atoms with Gasteiger partial charge < -0.3 is 4.90 Å². The molecule has 1 aliphatic heterocycles. The summed E-state index contributed by atoms with van der Waals surface area (Å²) in [6.07, 6.45) is 0.884. The van der Waals surface area contributed by atoms with Gasteiger partial charge in [-0.2, -0.15) is 0 Å². The number of nitrogens with zero attached hydrogens (tertiary/aromatic N) is 2. The van der Waals surface area contributed by atoms with E-state index < -0.39 is 10.0 Å². The highest BCUT2D eigenvalue weighted by Crippen LogP contribution is 2.39. The molecular weight excluding hydrogens is 450 g/mol. The summed E-state index contributed by atoms with van der Waals surface area (Å²) in [7, 11) is -1.81. The van der Waals surface area contributed by atoms with Gasteiger partial charge in [0.2, 0.25) is 15.9 Å². The number of likely N-dealkylation sites (N-methyl/N-ethyl adjacent to an activating group) is 1. The summed E-state index contributed by atoms with van der Waals surface area (Å²) in [5.41, 5.74) is 2.16. The molecule has 0 saturated heterocycles.